The predicted octanol–water partition coefficient (Wildman–Crippen LogP) is 6.90. The standard InChI is InChI=1S/C27H34N/c1-18-11-13-23(27(3,4)5)17-25(18)26-24-14-12-21(20-9-7-8-10-20)16-22(24)15-19(2)28(26)6/h11-17,20H,7-10H2,1-6H3/q+1. The Morgan fingerprint density at radius 3 is 2.29 bits per heavy atom. The van der Waals surface area contributed by atoms with Gasteiger partial charge in [-0.05, 0) is 65.3 Å². The molecule has 0 amide bonds. The molecule has 1 heteroatoms. The third-order valence-electron chi connectivity index (χ3n) is 6.74. The average molecular weight is 373 g/mol. The molecule has 0 unspecified atom stereocenters. The van der Waals surface area contributed by atoms with Gasteiger partial charge in [0, 0.05) is 13.0 Å². The second-order valence-electron chi connectivity index (χ2n) is 9.80. The first-order chi connectivity index (χ1) is 13.3. The summed E-state index contributed by atoms with van der Waals surface area (Å²) in [5, 5.41) is 2.75. The highest BCUT2D eigenvalue weighted by Crippen LogP contribution is 2.37. The predicted molar refractivity (Wildman–Crippen MR) is 120 cm³/mol. The van der Waals surface area contributed by atoms with Crippen LogP contribution in [0.2, 0.25) is 0 Å². The first-order valence-corrected chi connectivity index (χ1v) is 10.8. The number of hydrogen-bond acceptors (Lipinski definition) is 0. The van der Waals surface area contributed by atoms with Crippen LogP contribution in [-0.2, 0) is 12.5 Å². The van der Waals surface area contributed by atoms with Gasteiger partial charge in [0.15, 0.2) is 5.69 Å². The normalized spacial score (nSPS) is 15.5. The van der Waals surface area contributed by atoms with E-state index >= 15 is 0 Å². The van der Waals surface area contributed by atoms with Crippen LogP contribution in [0.1, 0.15) is 74.8 Å². The van der Waals surface area contributed by atoms with Crippen molar-refractivity contribution in [2.45, 2.75) is 71.6 Å². The van der Waals surface area contributed by atoms with Gasteiger partial charge in [-0.3, -0.25) is 0 Å². The molecule has 1 aliphatic rings. The van der Waals surface area contributed by atoms with E-state index in [-0.39, 0.29) is 5.41 Å². The molecule has 0 N–H and O–H groups in total. The van der Waals surface area contributed by atoms with E-state index in [0.717, 1.165) is 5.92 Å². The fraction of sp³-hybridized carbons (Fsp3) is 0.444. The molecule has 1 aliphatic carbocycles. The molecule has 0 spiro atoms. The first kappa shape index (κ1) is 19.2. The van der Waals surface area contributed by atoms with Crippen LogP contribution >= 0.6 is 0 Å². The number of aromatic nitrogens is 1. The lowest BCUT2D eigenvalue weighted by molar-refractivity contribution is -0.665. The number of aryl methyl sites for hydroxylation is 2. The van der Waals surface area contributed by atoms with Crippen LogP contribution in [0.4, 0.5) is 0 Å². The minimum absolute atomic E-state index is 0.149. The monoisotopic (exact) mass is 372 g/mol. The third kappa shape index (κ3) is 3.36. The molecule has 1 aromatic heterocycles. The molecule has 28 heavy (non-hydrogen) atoms. The number of hydrogen-bond donors (Lipinski definition) is 0. The van der Waals surface area contributed by atoms with Crippen LogP contribution in [0, 0.1) is 13.8 Å². The number of nitrogens with zero attached hydrogens (tertiary/aromatic N) is 1. The number of fused-ring (bicyclic) bond motifs is 1. The average Bonchev–Trinajstić information content (AvgIpc) is 3.17. The van der Waals surface area contributed by atoms with Crippen molar-refractivity contribution in [2.24, 2.45) is 7.05 Å². The van der Waals surface area contributed by atoms with Crippen LogP contribution < -0.4 is 4.57 Å². The molecule has 0 radical (unpaired) electrons. The lowest BCUT2D eigenvalue weighted by atomic mass is 9.84. The first-order valence-electron chi connectivity index (χ1n) is 10.8. The van der Waals surface area contributed by atoms with Crippen molar-refractivity contribution in [2.75, 3.05) is 0 Å². The molecule has 1 saturated carbocycles. The Kier molecular flexibility index (Phi) is 4.81. The molecule has 1 heterocycles. The SMILES string of the molecule is Cc1ccc(C(C)(C)C)cc1-c1c2ccc(C3CCCC3)cc2cc(C)[n+]1C. The van der Waals surface area contributed by atoms with Crippen LogP contribution in [-0.4, -0.2) is 0 Å². The Bertz CT molecular complexity index is 1030. The van der Waals surface area contributed by atoms with Crippen LogP contribution in [0.5, 0.6) is 0 Å². The molecular weight excluding hydrogens is 338 g/mol. The van der Waals surface area contributed by atoms with E-state index < -0.39 is 0 Å². The summed E-state index contributed by atoms with van der Waals surface area (Å²) >= 11 is 0. The van der Waals surface area contributed by atoms with Crippen molar-refractivity contribution in [1.82, 2.24) is 0 Å². The van der Waals surface area contributed by atoms with E-state index in [9.17, 15) is 0 Å². The number of benzene rings is 2. The summed E-state index contributed by atoms with van der Waals surface area (Å²) in [5.74, 6) is 0.757. The van der Waals surface area contributed by atoms with Gasteiger partial charge >= 0.3 is 0 Å². The highest BCUT2D eigenvalue weighted by molar-refractivity contribution is 5.94. The van der Waals surface area contributed by atoms with Gasteiger partial charge in [0.2, 0.25) is 5.69 Å². The van der Waals surface area contributed by atoms with E-state index in [1.165, 1.54) is 70.1 Å². The van der Waals surface area contributed by atoms with Gasteiger partial charge in [0.25, 0.3) is 0 Å². The minimum Gasteiger partial charge on any atom is -0.198 e. The van der Waals surface area contributed by atoms with Gasteiger partial charge in [-0.25, -0.2) is 0 Å². The van der Waals surface area contributed by atoms with E-state index in [1.807, 2.05) is 0 Å². The largest absolute Gasteiger partial charge is 0.220 e. The zero-order valence-corrected chi connectivity index (χ0v) is 18.4. The fourth-order valence-electron chi connectivity index (χ4n) is 4.78. The van der Waals surface area contributed by atoms with Gasteiger partial charge in [0.05, 0.1) is 10.9 Å². The highest BCUT2D eigenvalue weighted by atomic mass is 14.9. The molecule has 0 aliphatic heterocycles. The fourth-order valence-corrected chi connectivity index (χ4v) is 4.78. The van der Waals surface area contributed by atoms with Crippen molar-refractivity contribution >= 4 is 10.8 Å². The minimum atomic E-state index is 0.149. The van der Waals surface area contributed by atoms with Crippen molar-refractivity contribution in [3.8, 4) is 11.3 Å². The van der Waals surface area contributed by atoms with E-state index in [4.69, 9.17) is 0 Å². The van der Waals surface area contributed by atoms with E-state index in [0.29, 0.717) is 0 Å². The Hall–Kier alpha value is -2.15. The maximum atomic E-state index is 2.46. The van der Waals surface area contributed by atoms with Crippen molar-refractivity contribution in [3.05, 3.63) is 64.8 Å². The van der Waals surface area contributed by atoms with E-state index in [2.05, 4.69) is 88.7 Å². The molecule has 0 atom stereocenters. The molecular formula is C27H34N+. The third-order valence-corrected chi connectivity index (χ3v) is 6.74. The van der Waals surface area contributed by atoms with Crippen LogP contribution in [0.3, 0.4) is 0 Å². The molecule has 0 bridgehead atoms. The zero-order chi connectivity index (χ0) is 20.1. The molecule has 0 saturated heterocycles. The molecule has 146 valence electrons. The maximum Gasteiger partial charge on any atom is 0.220 e. The summed E-state index contributed by atoms with van der Waals surface area (Å²) < 4.78 is 2.37. The highest BCUT2D eigenvalue weighted by Gasteiger charge is 2.24. The number of pyridine rings is 1. The molecule has 2 aromatic carbocycles. The van der Waals surface area contributed by atoms with Crippen molar-refractivity contribution < 1.29 is 4.57 Å². The van der Waals surface area contributed by atoms with Gasteiger partial charge < -0.3 is 0 Å². The lowest BCUT2D eigenvalue weighted by Gasteiger charge is -2.21. The van der Waals surface area contributed by atoms with Crippen molar-refractivity contribution in [3.63, 3.8) is 0 Å². The summed E-state index contributed by atoms with van der Waals surface area (Å²) in [7, 11) is 2.21. The van der Waals surface area contributed by atoms with Crippen LogP contribution in [0.15, 0.2) is 42.5 Å². The molecule has 4 rings (SSSR count). The summed E-state index contributed by atoms with van der Waals surface area (Å²) in [4.78, 5) is 0. The lowest BCUT2D eigenvalue weighted by Crippen LogP contribution is -2.35. The topological polar surface area (TPSA) is 3.88 Å². The molecule has 1 fully saturated rings. The quantitative estimate of drug-likeness (QED) is 0.431. The maximum absolute atomic E-state index is 2.46. The molecule has 1 nitrogen and oxygen atoms in total. The van der Waals surface area contributed by atoms with Gasteiger partial charge in [-0.2, -0.15) is 4.57 Å². The van der Waals surface area contributed by atoms with Gasteiger partial charge in [0.1, 0.15) is 7.05 Å². The Balaban J connectivity index is 1.95. The summed E-state index contributed by atoms with van der Waals surface area (Å²) in [5.41, 5.74) is 8.43. The second-order valence-corrected chi connectivity index (χ2v) is 9.80. The summed E-state index contributed by atoms with van der Waals surface area (Å²) in [6.07, 6.45) is 5.47. The Morgan fingerprint density at radius 2 is 1.61 bits per heavy atom. The zero-order valence-electron chi connectivity index (χ0n) is 18.4. The van der Waals surface area contributed by atoms with Crippen molar-refractivity contribution in [1.29, 1.82) is 0 Å². The Labute approximate surface area is 170 Å². The smallest absolute Gasteiger partial charge is 0.198 e. The van der Waals surface area contributed by atoms with Gasteiger partial charge in [-0.15, -0.1) is 0 Å². The van der Waals surface area contributed by atoms with Crippen LogP contribution in [0.25, 0.3) is 22.0 Å². The number of rotatable bonds is 2. The summed E-state index contributed by atoms with van der Waals surface area (Å²) in [6, 6.07) is 16.6. The van der Waals surface area contributed by atoms with Gasteiger partial charge in [-0.1, -0.05) is 57.9 Å². The Morgan fingerprint density at radius 1 is 0.893 bits per heavy atom. The van der Waals surface area contributed by atoms with E-state index in [1.54, 1.807) is 0 Å². The molecule has 3 aromatic rings. The second kappa shape index (κ2) is 7.03. The summed E-state index contributed by atoms with van der Waals surface area (Å²) in [6.45, 7) is 11.4.